The molecule has 2 aromatic rings. The molecule has 5 heteroatoms. The number of aromatic nitrogens is 1. The first kappa shape index (κ1) is 12.8. The van der Waals surface area contributed by atoms with Gasteiger partial charge in [-0.1, -0.05) is 6.07 Å². The van der Waals surface area contributed by atoms with Crippen LogP contribution in [0.1, 0.15) is 27.7 Å². The van der Waals surface area contributed by atoms with Gasteiger partial charge >= 0.3 is 0 Å². The van der Waals surface area contributed by atoms with E-state index in [1.54, 1.807) is 25.2 Å². The highest BCUT2D eigenvalue weighted by atomic mass is 16.3. The molecule has 0 fully saturated rings. The van der Waals surface area contributed by atoms with Gasteiger partial charge in [-0.3, -0.25) is 4.79 Å². The van der Waals surface area contributed by atoms with E-state index in [1.165, 1.54) is 4.90 Å². The van der Waals surface area contributed by atoms with Crippen LogP contribution in [0.4, 0.5) is 0 Å². The van der Waals surface area contributed by atoms with Gasteiger partial charge in [0.2, 0.25) is 0 Å². The number of hydrogen-bond donors (Lipinski definition) is 0. The molecule has 0 aromatic carbocycles. The minimum atomic E-state index is -0.244. The van der Waals surface area contributed by atoms with E-state index in [-0.39, 0.29) is 17.3 Å². The predicted octanol–water partition coefficient (Wildman–Crippen LogP) is 2.13. The molecule has 1 amide bonds. The third kappa shape index (κ3) is 2.99. The van der Waals surface area contributed by atoms with Crippen molar-refractivity contribution in [3.63, 3.8) is 0 Å². The molecule has 0 saturated heterocycles. The van der Waals surface area contributed by atoms with Crippen molar-refractivity contribution in [1.29, 1.82) is 5.26 Å². The Labute approximate surface area is 111 Å². The van der Waals surface area contributed by atoms with Crippen molar-refractivity contribution < 1.29 is 9.21 Å². The van der Waals surface area contributed by atoms with Crippen LogP contribution in [0, 0.1) is 18.3 Å². The van der Waals surface area contributed by atoms with Gasteiger partial charge in [0.1, 0.15) is 29.0 Å². The van der Waals surface area contributed by atoms with E-state index in [2.05, 4.69) is 4.98 Å². The minimum absolute atomic E-state index is 0.230. The number of nitrogens with zero attached hydrogens (tertiary/aromatic N) is 3. The summed E-state index contributed by atoms with van der Waals surface area (Å²) in [6.45, 7) is 2.22. The number of carbonyl (C=O) groups is 1. The Balaban J connectivity index is 2.12. The minimum Gasteiger partial charge on any atom is -0.464 e. The summed E-state index contributed by atoms with van der Waals surface area (Å²) in [6, 6.07) is 10.4. The van der Waals surface area contributed by atoms with E-state index in [9.17, 15) is 4.79 Å². The van der Waals surface area contributed by atoms with Crippen LogP contribution >= 0.6 is 0 Å². The molecular formula is C14H13N3O2. The average molecular weight is 255 g/mol. The van der Waals surface area contributed by atoms with E-state index in [0.29, 0.717) is 12.3 Å². The zero-order chi connectivity index (χ0) is 13.8. The molecule has 2 rings (SSSR count). The van der Waals surface area contributed by atoms with Crippen molar-refractivity contribution in [2.45, 2.75) is 13.5 Å². The third-order valence-electron chi connectivity index (χ3n) is 2.62. The second-order valence-corrected chi connectivity index (χ2v) is 4.19. The molecule has 0 aliphatic heterocycles. The highest BCUT2D eigenvalue weighted by Gasteiger charge is 2.15. The van der Waals surface area contributed by atoms with Gasteiger partial charge < -0.3 is 9.32 Å². The molecule has 0 aliphatic carbocycles. The van der Waals surface area contributed by atoms with Gasteiger partial charge in [-0.2, -0.15) is 5.26 Å². The first-order valence-electron chi connectivity index (χ1n) is 5.78. The standard InChI is InChI=1S/C14H13N3O2/c1-10-6-7-12(19-10)9-17(2)14(18)13-5-3-4-11(8-15)16-13/h3-7H,9H2,1-2H3. The first-order chi connectivity index (χ1) is 9.10. The summed E-state index contributed by atoms with van der Waals surface area (Å²) < 4.78 is 5.42. The summed E-state index contributed by atoms with van der Waals surface area (Å²) >= 11 is 0. The SMILES string of the molecule is Cc1ccc(CN(C)C(=O)c2cccc(C#N)n2)o1. The second kappa shape index (κ2) is 5.36. The number of amides is 1. The molecule has 19 heavy (non-hydrogen) atoms. The highest BCUT2D eigenvalue weighted by molar-refractivity contribution is 5.92. The number of carbonyl (C=O) groups excluding carboxylic acids is 1. The van der Waals surface area contributed by atoms with Crippen molar-refractivity contribution in [2.24, 2.45) is 0 Å². The van der Waals surface area contributed by atoms with Crippen LogP contribution in [0.15, 0.2) is 34.7 Å². The van der Waals surface area contributed by atoms with Crippen LogP contribution < -0.4 is 0 Å². The van der Waals surface area contributed by atoms with Crippen molar-refractivity contribution >= 4 is 5.91 Å². The second-order valence-electron chi connectivity index (χ2n) is 4.19. The molecule has 0 saturated carbocycles. The fourth-order valence-electron chi connectivity index (χ4n) is 1.69. The van der Waals surface area contributed by atoms with Crippen LogP contribution in [0.5, 0.6) is 0 Å². The number of nitriles is 1. The van der Waals surface area contributed by atoms with Gasteiger partial charge in [-0.15, -0.1) is 0 Å². The fraction of sp³-hybridized carbons (Fsp3) is 0.214. The number of aryl methyl sites for hydroxylation is 1. The quantitative estimate of drug-likeness (QED) is 0.842. The number of rotatable bonds is 3. The van der Waals surface area contributed by atoms with Crippen LogP contribution in [-0.2, 0) is 6.54 Å². The maximum Gasteiger partial charge on any atom is 0.272 e. The molecule has 0 aliphatic rings. The summed E-state index contributed by atoms with van der Waals surface area (Å²) in [4.78, 5) is 17.6. The first-order valence-corrected chi connectivity index (χ1v) is 5.78. The zero-order valence-electron chi connectivity index (χ0n) is 10.8. The topological polar surface area (TPSA) is 70.1 Å². The Hall–Kier alpha value is -2.61. The molecule has 0 radical (unpaired) electrons. The lowest BCUT2D eigenvalue weighted by Gasteiger charge is -2.15. The third-order valence-corrected chi connectivity index (χ3v) is 2.62. The van der Waals surface area contributed by atoms with Crippen molar-refractivity contribution in [2.75, 3.05) is 7.05 Å². The molecule has 5 nitrogen and oxygen atoms in total. The lowest BCUT2D eigenvalue weighted by molar-refractivity contribution is 0.0769. The highest BCUT2D eigenvalue weighted by Crippen LogP contribution is 2.10. The van der Waals surface area contributed by atoms with Crippen LogP contribution in [0.3, 0.4) is 0 Å². The summed E-state index contributed by atoms with van der Waals surface area (Å²) in [6.07, 6.45) is 0. The van der Waals surface area contributed by atoms with Crippen LogP contribution in [0.25, 0.3) is 0 Å². The Morgan fingerprint density at radius 3 is 2.84 bits per heavy atom. The van der Waals surface area contributed by atoms with Gasteiger partial charge in [-0.05, 0) is 31.2 Å². The van der Waals surface area contributed by atoms with Gasteiger partial charge in [0.25, 0.3) is 5.91 Å². The predicted molar refractivity (Wildman–Crippen MR) is 68.2 cm³/mol. The van der Waals surface area contributed by atoms with Gasteiger partial charge in [0.05, 0.1) is 6.54 Å². The average Bonchev–Trinajstić information content (AvgIpc) is 2.83. The molecule has 0 N–H and O–H groups in total. The van der Waals surface area contributed by atoms with Crippen LogP contribution in [-0.4, -0.2) is 22.8 Å². The van der Waals surface area contributed by atoms with Gasteiger partial charge in [0, 0.05) is 7.05 Å². The lowest BCUT2D eigenvalue weighted by atomic mass is 10.3. The maximum absolute atomic E-state index is 12.1. The van der Waals surface area contributed by atoms with E-state index in [4.69, 9.17) is 9.68 Å². The normalized spacial score (nSPS) is 9.95. The number of pyridine rings is 1. The molecule has 0 atom stereocenters. The molecular weight excluding hydrogens is 242 g/mol. The van der Waals surface area contributed by atoms with Crippen molar-refractivity contribution in [1.82, 2.24) is 9.88 Å². The Morgan fingerprint density at radius 1 is 1.42 bits per heavy atom. The maximum atomic E-state index is 12.1. The molecule has 0 spiro atoms. The molecule has 2 aromatic heterocycles. The summed E-state index contributed by atoms with van der Waals surface area (Å²) in [5, 5.41) is 8.77. The van der Waals surface area contributed by atoms with Gasteiger partial charge in [0.15, 0.2) is 0 Å². The molecule has 2 heterocycles. The zero-order valence-corrected chi connectivity index (χ0v) is 10.8. The number of furan rings is 1. The van der Waals surface area contributed by atoms with E-state index in [0.717, 1.165) is 5.76 Å². The van der Waals surface area contributed by atoms with Crippen molar-refractivity contribution in [3.05, 3.63) is 53.2 Å². The number of hydrogen-bond acceptors (Lipinski definition) is 4. The Kier molecular flexibility index (Phi) is 3.62. The fourth-order valence-corrected chi connectivity index (χ4v) is 1.69. The molecule has 0 unspecified atom stereocenters. The Bertz CT molecular complexity index is 640. The van der Waals surface area contributed by atoms with Crippen LogP contribution in [0.2, 0.25) is 0 Å². The molecule has 0 bridgehead atoms. The largest absolute Gasteiger partial charge is 0.464 e. The summed E-state index contributed by atoms with van der Waals surface area (Å²) in [5.41, 5.74) is 0.484. The lowest BCUT2D eigenvalue weighted by Crippen LogP contribution is -2.26. The van der Waals surface area contributed by atoms with E-state index < -0.39 is 0 Å². The Morgan fingerprint density at radius 2 is 2.21 bits per heavy atom. The summed E-state index contributed by atoms with van der Waals surface area (Å²) in [7, 11) is 1.67. The summed E-state index contributed by atoms with van der Waals surface area (Å²) in [5.74, 6) is 1.27. The van der Waals surface area contributed by atoms with E-state index >= 15 is 0 Å². The van der Waals surface area contributed by atoms with E-state index in [1.807, 2.05) is 25.1 Å². The molecule has 96 valence electrons. The van der Waals surface area contributed by atoms with Gasteiger partial charge in [-0.25, -0.2) is 4.98 Å². The monoisotopic (exact) mass is 255 g/mol. The van der Waals surface area contributed by atoms with Crippen molar-refractivity contribution in [3.8, 4) is 6.07 Å². The smallest absolute Gasteiger partial charge is 0.272 e.